The zero-order valence-electron chi connectivity index (χ0n) is 13.5. The molecule has 0 heterocycles. The van der Waals surface area contributed by atoms with Gasteiger partial charge in [0.25, 0.3) is 0 Å². The van der Waals surface area contributed by atoms with Crippen molar-refractivity contribution in [3.8, 4) is 0 Å². The lowest BCUT2D eigenvalue weighted by Gasteiger charge is -2.27. The smallest absolute Gasteiger partial charge is 0.00179 e. The van der Waals surface area contributed by atoms with Gasteiger partial charge in [-0.2, -0.15) is 0 Å². The van der Waals surface area contributed by atoms with E-state index in [9.17, 15) is 0 Å². The Morgan fingerprint density at radius 1 is 1.00 bits per heavy atom. The van der Waals surface area contributed by atoms with Crippen LogP contribution >= 0.6 is 0 Å². The van der Waals surface area contributed by atoms with E-state index in [1.54, 1.807) is 5.56 Å². The molecule has 0 amide bonds. The van der Waals surface area contributed by atoms with E-state index in [0.717, 1.165) is 18.4 Å². The van der Waals surface area contributed by atoms with Gasteiger partial charge in [0.2, 0.25) is 0 Å². The molecule has 2 rings (SSSR count). The van der Waals surface area contributed by atoms with E-state index >= 15 is 0 Å². The summed E-state index contributed by atoms with van der Waals surface area (Å²) >= 11 is 0. The summed E-state index contributed by atoms with van der Waals surface area (Å²) in [4.78, 5) is 0. The Bertz CT molecular complexity index is 390. The second-order valence-corrected chi connectivity index (χ2v) is 6.54. The van der Waals surface area contributed by atoms with Gasteiger partial charge >= 0.3 is 0 Å². The van der Waals surface area contributed by atoms with Crippen LogP contribution < -0.4 is 5.32 Å². The van der Waals surface area contributed by atoms with Gasteiger partial charge in [0.15, 0.2) is 0 Å². The lowest BCUT2D eigenvalue weighted by atomic mass is 9.81. The van der Waals surface area contributed by atoms with Gasteiger partial charge in [-0.3, -0.25) is 0 Å². The first-order valence-corrected chi connectivity index (χ1v) is 8.48. The first-order valence-electron chi connectivity index (χ1n) is 8.48. The minimum absolute atomic E-state index is 0.872. The van der Waals surface area contributed by atoms with E-state index in [0.29, 0.717) is 0 Å². The van der Waals surface area contributed by atoms with E-state index in [4.69, 9.17) is 0 Å². The van der Waals surface area contributed by atoms with Crippen molar-refractivity contribution in [1.29, 1.82) is 0 Å². The SMILES string of the molecule is CCNCC1CCCCCC1Cc1c(C)cccc1C. The van der Waals surface area contributed by atoms with Gasteiger partial charge < -0.3 is 5.32 Å². The van der Waals surface area contributed by atoms with Gasteiger partial charge in [0.05, 0.1) is 0 Å². The molecule has 0 aliphatic heterocycles. The molecule has 0 saturated heterocycles. The Hall–Kier alpha value is -0.820. The molecule has 1 aliphatic carbocycles. The van der Waals surface area contributed by atoms with Crippen LogP contribution in [0.25, 0.3) is 0 Å². The maximum atomic E-state index is 3.59. The molecule has 0 aromatic heterocycles. The van der Waals surface area contributed by atoms with Crippen molar-refractivity contribution in [2.45, 2.75) is 59.3 Å². The Morgan fingerprint density at radius 2 is 1.65 bits per heavy atom. The Morgan fingerprint density at radius 3 is 2.30 bits per heavy atom. The average molecular weight is 273 g/mol. The summed E-state index contributed by atoms with van der Waals surface area (Å²) in [6, 6.07) is 6.74. The monoisotopic (exact) mass is 273 g/mol. The van der Waals surface area contributed by atoms with Gasteiger partial charge in [-0.25, -0.2) is 0 Å². The van der Waals surface area contributed by atoms with Gasteiger partial charge in [-0.15, -0.1) is 0 Å². The van der Waals surface area contributed by atoms with E-state index < -0.39 is 0 Å². The second kappa shape index (κ2) is 7.83. The number of hydrogen-bond donors (Lipinski definition) is 1. The molecule has 20 heavy (non-hydrogen) atoms. The second-order valence-electron chi connectivity index (χ2n) is 6.54. The highest BCUT2D eigenvalue weighted by atomic mass is 14.8. The van der Waals surface area contributed by atoms with Crippen molar-refractivity contribution in [2.24, 2.45) is 11.8 Å². The maximum absolute atomic E-state index is 3.59. The molecule has 1 aromatic rings. The van der Waals surface area contributed by atoms with Crippen molar-refractivity contribution >= 4 is 0 Å². The molecule has 1 N–H and O–H groups in total. The number of hydrogen-bond acceptors (Lipinski definition) is 1. The van der Waals surface area contributed by atoms with Crippen molar-refractivity contribution in [3.05, 3.63) is 34.9 Å². The fraction of sp³-hybridized carbons (Fsp3) is 0.684. The fourth-order valence-electron chi connectivity index (χ4n) is 3.76. The van der Waals surface area contributed by atoms with Crippen LogP contribution in [0.5, 0.6) is 0 Å². The Balaban J connectivity index is 2.10. The summed E-state index contributed by atoms with van der Waals surface area (Å²) in [7, 11) is 0. The van der Waals surface area contributed by atoms with Crippen LogP contribution in [-0.2, 0) is 6.42 Å². The highest BCUT2D eigenvalue weighted by molar-refractivity contribution is 5.33. The lowest BCUT2D eigenvalue weighted by Crippen LogP contribution is -2.29. The molecule has 0 bridgehead atoms. The van der Waals surface area contributed by atoms with Gasteiger partial charge in [0.1, 0.15) is 0 Å². The number of nitrogens with one attached hydrogen (secondary N) is 1. The van der Waals surface area contributed by atoms with E-state index in [1.165, 1.54) is 56.2 Å². The highest BCUT2D eigenvalue weighted by Crippen LogP contribution is 2.32. The van der Waals surface area contributed by atoms with Crippen LogP contribution in [0, 0.1) is 25.7 Å². The topological polar surface area (TPSA) is 12.0 Å². The van der Waals surface area contributed by atoms with Crippen molar-refractivity contribution in [1.82, 2.24) is 5.32 Å². The highest BCUT2D eigenvalue weighted by Gasteiger charge is 2.24. The van der Waals surface area contributed by atoms with E-state index in [1.807, 2.05) is 0 Å². The number of rotatable bonds is 5. The Kier molecular flexibility index (Phi) is 6.09. The molecule has 1 saturated carbocycles. The third-order valence-electron chi connectivity index (χ3n) is 5.08. The van der Waals surface area contributed by atoms with Crippen molar-refractivity contribution in [3.63, 3.8) is 0 Å². The summed E-state index contributed by atoms with van der Waals surface area (Å²) in [6.07, 6.45) is 8.42. The minimum atomic E-state index is 0.872. The number of benzene rings is 1. The third-order valence-corrected chi connectivity index (χ3v) is 5.08. The van der Waals surface area contributed by atoms with Gasteiger partial charge in [-0.1, -0.05) is 44.4 Å². The molecule has 1 fully saturated rings. The summed E-state index contributed by atoms with van der Waals surface area (Å²) in [5.74, 6) is 1.74. The first kappa shape index (κ1) is 15.6. The number of aryl methyl sites for hydroxylation is 2. The van der Waals surface area contributed by atoms with Crippen LogP contribution in [0.1, 0.15) is 55.7 Å². The first-order chi connectivity index (χ1) is 9.72. The van der Waals surface area contributed by atoms with E-state index in [2.05, 4.69) is 44.3 Å². The molecule has 1 aliphatic rings. The lowest BCUT2D eigenvalue weighted by molar-refractivity contribution is 0.299. The van der Waals surface area contributed by atoms with Crippen LogP contribution in [-0.4, -0.2) is 13.1 Å². The standard InChI is InChI=1S/C19H31N/c1-4-20-14-18-12-7-5-6-11-17(18)13-19-15(2)9-8-10-16(19)3/h8-10,17-18,20H,4-7,11-14H2,1-3H3. The van der Waals surface area contributed by atoms with Crippen LogP contribution in [0.2, 0.25) is 0 Å². The predicted octanol–water partition coefficient (Wildman–Crippen LogP) is 4.65. The molecule has 1 aromatic carbocycles. The Labute approximate surface area is 125 Å². The van der Waals surface area contributed by atoms with Gasteiger partial charge in [-0.05, 0) is 74.7 Å². The molecular weight excluding hydrogens is 242 g/mol. The maximum Gasteiger partial charge on any atom is -0.00179 e. The van der Waals surface area contributed by atoms with Crippen molar-refractivity contribution < 1.29 is 0 Å². The third kappa shape index (κ3) is 4.09. The van der Waals surface area contributed by atoms with E-state index in [-0.39, 0.29) is 0 Å². The molecule has 1 heteroatoms. The largest absolute Gasteiger partial charge is 0.317 e. The molecule has 2 unspecified atom stereocenters. The summed E-state index contributed by atoms with van der Waals surface area (Å²) in [5.41, 5.74) is 4.58. The zero-order chi connectivity index (χ0) is 14.4. The van der Waals surface area contributed by atoms with Crippen molar-refractivity contribution in [2.75, 3.05) is 13.1 Å². The van der Waals surface area contributed by atoms with Crippen LogP contribution in [0.4, 0.5) is 0 Å². The normalized spacial score (nSPS) is 23.6. The average Bonchev–Trinajstić information content (AvgIpc) is 2.66. The summed E-state index contributed by atoms with van der Waals surface area (Å²) < 4.78 is 0. The molecule has 2 atom stereocenters. The quantitative estimate of drug-likeness (QED) is 0.770. The van der Waals surface area contributed by atoms with Gasteiger partial charge in [0, 0.05) is 0 Å². The molecule has 0 spiro atoms. The summed E-state index contributed by atoms with van der Waals surface area (Å²) in [5, 5.41) is 3.59. The summed E-state index contributed by atoms with van der Waals surface area (Å²) in [6.45, 7) is 9.09. The minimum Gasteiger partial charge on any atom is -0.317 e. The zero-order valence-corrected chi connectivity index (χ0v) is 13.5. The molecule has 0 radical (unpaired) electrons. The molecular formula is C19H31N. The molecule has 112 valence electrons. The predicted molar refractivity (Wildman–Crippen MR) is 88.2 cm³/mol. The molecule has 1 nitrogen and oxygen atoms in total. The van der Waals surface area contributed by atoms with Crippen LogP contribution in [0.3, 0.4) is 0 Å². The van der Waals surface area contributed by atoms with Crippen LogP contribution in [0.15, 0.2) is 18.2 Å². The fourth-order valence-corrected chi connectivity index (χ4v) is 3.76.